The van der Waals surface area contributed by atoms with Crippen LogP contribution in [-0.2, 0) is 9.59 Å². The maximum Gasteiger partial charge on any atom is 0.238 e. The quantitative estimate of drug-likeness (QED) is 0.427. The van der Waals surface area contributed by atoms with Gasteiger partial charge >= 0.3 is 0 Å². The molecule has 0 aliphatic carbocycles. The molecule has 2 amide bonds. The molecule has 4 nitrogen and oxygen atoms in total. The Morgan fingerprint density at radius 3 is 2.39 bits per heavy atom. The molecule has 0 spiro atoms. The van der Waals surface area contributed by atoms with Crippen molar-refractivity contribution < 1.29 is 9.59 Å². The van der Waals surface area contributed by atoms with E-state index in [4.69, 9.17) is 0 Å². The van der Waals surface area contributed by atoms with Crippen molar-refractivity contribution in [1.29, 1.82) is 0 Å². The molecule has 1 N–H and O–H groups in total. The van der Waals surface area contributed by atoms with Gasteiger partial charge in [-0.1, -0.05) is 75.4 Å². The molecule has 1 saturated heterocycles. The first kappa shape index (κ1) is 23.1. The summed E-state index contributed by atoms with van der Waals surface area (Å²) in [6.45, 7) is 6.35. The maximum atomic E-state index is 13.0. The number of nitrogens with one attached hydrogen (secondary N) is 1. The third kappa shape index (κ3) is 5.14. The summed E-state index contributed by atoms with van der Waals surface area (Å²) in [6.07, 6.45) is 0.725. The molecule has 33 heavy (non-hydrogen) atoms. The fraction of sp³-hybridized carbons (Fsp3) is 0.286. The second-order valence-corrected chi connectivity index (χ2v) is 9.73. The highest BCUT2D eigenvalue weighted by Gasteiger charge is 2.34. The van der Waals surface area contributed by atoms with E-state index in [1.165, 1.54) is 5.56 Å². The molecule has 0 saturated carbocycles. The number of amides is 2. The van der Waals surface area contributed by atoms with E-state index >= 15 is 0 Å². The molecule has 1 fully saturated rings. The second-order valence-electron chi connectivity index (χ2n) is 8.66. The van der Waals surface area contributed by atoms with E-state index in [0.717, 1.165) is 28.9 Å². The van der Waals surface area contributed by atoms with Gasteiger partial charge in [-0.05, 0) is 53.3 Å². The van der Waals surface area contributed by atoms with Crippen molar-refractivity contribution in [1.82, 2.24) is 0 Å². The number of hydrogen-bond donors (Lipinski definition) is 1. The van der Waals surface area contributed by atoms with Gasteiger partial charge in [-0.3, -0.25) is 14.5 Å². The van der Waals surface area contributed by atoms with Gasteiger partial charge in [0, 0.05) is 11.4 Å². The average Bonchev–Trinajstić information content (AvgIpc) is 3.22. The van der Waals surface area contributed by atoms with Gasteiger partial charge in [0.05, 0.1) is 11.7 Å². The summed E-state index contributed by atoms with van der Waals surface area (Å²) in [5.74, 6) is 0.776. The normalized spacial score (nSPS) is 16.8. The van der Waals surface area contributed by atoms with Crippen molar-refractivity contribution in [3.8, 4) is 0 Å². The third-order valence-electron chi connectivity index (χ3n) is 6.07. The number of hydrogen-bond acceptors (Lipinski definition) is 3. The molecule has 1 aliphatic rings. The molecule has 0 bridgehead atoms. The van der Waals surface area contributed by atoms with Crippen LogP contribution in [-0.4, -0.2) is 17.6 Å². The number of benzene rings is 3. The van der Waals surface area contributed by atoms with Crippen LogP contribution < -0.4 is 10.2 Å². The lowest BCUT2D eigenvalue weighted by Gasteiger charge is -2.25. The topological polar surface area (TPSA) is 49.4 Å². The molecule has 170 valence electrons. The number of anilines is 2. The van der Waals surface area contributed by atoms with Crippen LogP contribution in [0.4, 0.5) is 11.4 Å². The zero-order valence-electron chi connectivity index (χ0n) is 19.3. The number of rotatable bonds is 7. The summed E-state index contributed by atoms with van der Waals surface area (Å²) in [7, 11) is 0. The van der Waals surface area contributed by atoms with Crippen LogP contribution >= 0.6 is 11.8 Å². The fourth-order valence-electron chi connectivity index (χ4n) is 4.23. The molecular formula is C28H30N2O2S. The smallest absolute Gasteiger partial charge is 0.238 e. The lowest BCUT2D eigenvalue weighted by Crippen LogP contribution is -2.28. The van der Waals surface area contributed by atoms with Crippen LogP contribution in [0.25, 0.3) is 0 Å². The Bertz CT molecular complexity index is 1110. The zero-order valence-corrected chi connectivity index (χ0v) is 20.1. The summed E-state index contributed by atoms with van der Waals surface area (Å²) in [5, 5.41) is 2.97. The summed E-state index contributed by atoms with van der Waals surface area (Å²) in [6, 6.07) is 26.0. The van der Waals surface area contributed by atoms with Crippen LogP contribution in [0.2, 0.25) is 0 Å². The number of nitrogens with zero attached hydrogens (tertiary/aromatic N) is 1. The molecule has 1 aliphatic heterocycles. The molecule has 0 aromatic heterocycles. The van der Waals surface area contributed by atoms with Gasteiger partial charge < -0.3 is 5.32 Å². The van der Waals surface area contributed by atoms with E-state index in [2.05, 4.69) is 31.3 Å². The van der Waals surface area contributed by atoms with Crippen LogP contribution in [0.5, 0.6) is 0 Å². The van der Waals surface area contributed by atoms with Crippen molar-refractivity contribution in [3.63, 3.8) is 0 Å². The molecule has 3 aromatic rings. The van der Waals surface area contributed by atoms with Crippen molar-refractivity contribution in [2.75, 3.05) is 16.0 Å². The third-order valence-corrected chi connectivity index (χ3v) is 7.28. The predicted molar refractivity (Wildman–Crippen MR) is 138 cm³/mol. The van der Waals surface area contributed by atoms with Gasteiger partial charge in [-0.25, -0.2) is 0 Å². The van der Waals surface area contributed by atoms with Crippen LogP contribution in [0, 0.1) is 0 Å². The highest BCUT2D eigenvalue weighted by atomic mass is 32.2. The minimum Gasteiger partial charge on any atom is -0.326 e. The first-order chi connectivity index (χ1) is 16.0. The Balaban J connectivity index is 1.55. The Kier molecular flexibility index (Phi) is 7.19. The average molecular weight is 459 g/mol. The summed E-state index contributed by atoms with van der Waals surface area (Å²) in [4.78, 5) is 27.7. The van der Waals surface area contributed by atoms with Gasteiger partial charge in [-0.2, -0.15) is 0 Å². The molecule has 2 atom stereocenters. The van der Waals surface area contributed by atoms with E-state index in [1.807, 2.05) is 78.6 Å². The van der Waals surface area contributed by atoms with E-state index in [0.29, 0.717) is 11.7 Å². The Morgan fingerprint density at radius 1 is 1.00 bits per heavy atom. The fourth-order valence-corrected chi connectivity index (χ4v) is 5.39. The largest absolute Gasteiger partial charge is 0.326 e. The minimum absolute atomic E-state index is 0.0165. The Labute approximate surface area is 200 Å². The first-order valence-electron chi connectivity index (χ1n) is 11.5. The van der Waals surface area contributed by atoms with Gasteiger partial charge in [0.15, 0.2) is 0 Å². The molecule has 0 radical (unpaired) electrons. The SMILES string of the molecule is CC[C@H](C(=O)Nc1cccc([C@H]2SCC(=O)N2c2ccc(C(C)C)cc2)c1)c1ccccc1. The number of carbonyl (C=O) groups excluding carboxylic acids is 2. The number of thioether (sulfide) groups is 1. The number of carbonyl (C=O) groups is 2. The van der Waals surface area contributed by atoms with E-state index in [-0.39, 0.29) is 23.1 Å². The minimum atomic E-state index is -0.201. The van der Waals surface area contributed by atoms with Gasteiger partial charge in [0.2, 0.25) is 11.8 Å². The first-order valence-corrected chi connectivity index (χ1v) is 12.5. The van der Waals surface area contributed by atoms with Crippen molar-refractivity contribution in [3.05, 3.63) is 95.6 Å². The summed E-state index contributed by atoms with van der Waals surface area (Å²) >= 11 is 1.62. The molecule has 0 unspecified atom stereocenters. The van der Waals surface area contributed by atoms with E-state index in [1.54, 1.807) is 11.8 Å². The predicted octanol–water partition coefficient (Wildman–Crippen LogP) is 6.72. The lowest BCUT2D eigenvalue weighted by molar-refractivity contribution is -0.118. The van der Waals surface area contributed by atoms with Gasteiger partial charge in [0.25, 0.3) is 0 Å². The highest BCUT2D eigenvalue weighted by molar-refractivity contribution is 8.00. The summed E-state index contributed by atoms with van der Waals surface area (Å²) in [5.41, 5.74) is 4.93. The second kappa shape index (κ2) is 10.3. The molecule has 4 rings (SSSR count). The van der Waals surface area contributed by atoms with E-state index in [9.17, 15) is 9.59 Å². The lowest BCUT2D eigenvalue weighted by atomic mass is 9.95. The van der Waals surface area contributed by atoms with Crippen LogP contribution in [0.15, 0.2) is 78.9 Å². The Morgan fingerprint density at radius 2 is 1.73 bits per heavy atom. The van der Waals surface area contributed by atoms with Gasteiger partial charge in [-0.15, -0.1) is 11.8 Å². The standard InChI is InChI=1S/C28H30N2O2S/c1-4-25(21-9-6-5-7-10-21)27(32)29-23-12-8-11-22(17-23)28-30(26(31)18-33-28)24-15-13-20(14-16-24)19(2)3/h5-17,19,25,28H,4,18H2,1-3H3,(H,29,32)/t25-,28+/m0/s1. The van der Waals surface area contributed by atoms with Crippen molar-refractivity contribution in [2.45, 2.75) is 44.4 Å². The van der Waals surface area contributed by atoms with Crippen LogP contribution in [0.3, 0.4) is 0 Å². The molecule has 1 heterocycles. The Hall–Kier alpha value is -3.05. The van der Waals surface area contributed by atoms with Crippen molar-refractivity contribution >= 4 is 35.0 Å². The molecule has 5 heteroatoms. The maximum absolute atomic E-state index is 13.0. The molecular weight excluding hydrogens is 428 g/mol. The zero-order chi connectivity index (χ0) is 23.4. The summed E-state index contributed by atoms with van der Waals surface area (Å²) < 4.78 is 0. The van der Waals surface area contributed by atoms with Crippen molar-refractivity contribution in [2.24, 2.45) is 0 Å². The monoisotopic (exact) mass is 458 g/mol. The van der Waals surface area contributed by atoms with Gasteiger partial charge in [0.1, 0.15) is 5.37 Å². The van der Waals surface area contributed by atoms with Crippen LogP contribution in [0.1, 0.15) is 61.1 Å². The highest BCUT2D eigenvalue weighted by Crippen LogP contribution is 2.42. The molecule has 3 aromatic carbocycles. The van der Waals surface area contributed by atoms with E-state index < -0.39 is 0 Å².